The molecule has 0 atom stereocenters. The summed E-state index contributed by atoms with van der Waals surface area (Å²) < 4.78 is 63.8. The van der Waals surface area contributed by atoms with Crippen LogP contribution in [0.2, 0.25) is 0 Å². The van der Waals surface area contributed by atoms with Gasteiger partial charge in [0.2, 0.25) is 0 Å². The molecule has 1 aromatic rings. The van der Waals surface area contributed by atoms with Crippen LogP contribution in [0.3, 0.4) is 0 Å². The minimum absolute atomic E-state index is 0.257. The third-order valence-electron chi connectivity index (χ3n) is 1.43. The molecule has 0 aliphatic heterocycles. The maximum Gasteiger partial charge on any atom is 0.573 e. The van der Waals surface area contributed by atoms with Crippen LogP contribution >= 0.6 is 15.9 Å². The quantitative estimate of drug-likeness (QED) is 0.739. The van der Waals surface area contributed by atoms with Crippen LogP contribution in [0.4, 0.5) is 22.0 Å². The second kappa shape index (κ2) is 4.34. The summed E-state index contributed by atoms with van der Waals surface area (Å²) in [7, 11) is 0. The molecule has 0 unspecified atom stereocenters. The van der Waals surface area contributed by atoms with E-state index in [4.69, 9.17) is 0 Å². The van der Waals surface area contributed by atoms with Crippen molar-refractivity contribution in [2.24, 2.45) is 0 Å². The summed E-state index contributed by atoms with van der Waals surface area (Å²) in [6.07, 6.45) is -8.00. The minimum Gasteiger partial charge on any atom is -0.405 e. The zero-order valence-corrected chi connectivity index (χ0v) is 8.57. The van der Waals surface area contributed by atoms with Crippen LogP contribution in [0.5, 0.6) is 5.75 Å². The molecule has 0 aromatic heterocycles. The fourth-order valence-electron chi connectivity index (χ4n) is 0.907. The van der Waals surface area contributed by atoms with E-state index in [1.54, 1.807) is 0 Å². The lowest BCUT2D eigenvalue weighted by Crippen LogP contribution is -2.18. The first-order chi connectivity index (χ1) is 6.79. The van der Waals surface area contributed by atoms with E-state index in [0.29, 0.717) is 0 Å². The number of hydrogen-bond donors (Lipinski definition) is 0. The number of benzene rings is 1. The average Bonchev–Trinajstić information content (AvgIpc) is 2.05. The normalized spacial score (nSPS) is 11.9. The lowest BCUT2D eigenvalue weighted by molar-refractivity contribution is -0.275. The molecule has 84 valence electrons. The molecule has 15 heavy (non-hydrogen) atoms. The summed E-state index contributed by atoms with van der Waals surface area (Å²) in [5.74, 6) is -0.888. The van der Waals surface area contributed by atoms with Gasteiger partial charge in [0, 0.05) is 4.47 Å². The summed E-state index contributed by atoms with van der Waals surface area (Å²) in [5.41, 5.74) is -0.804. The molecule has 1 aromatic carbocycles. The van der Waals surface area contributed by atoms with Crippen molar-refractivity contribution in [2.45, 2.75) is 12.8 Å². The van der Waals surface area contributed by atoms with Crippen molar-refractivity contribution in [2.75, 3.05) is 0 Å². The lowest BCUT2D eigenvalue weighted by Gasteiger charge is -2.12. The van der Waals surface area contributed by atoms with Gasteiger partial charge in [-0.25, -0.2) is 8.78 Å². The number of halogens is 6. The fourth-order valence-corrected chi connectivity index (χ4v) is 1.29. The van der Waals surface area contributed by atoms with Crippen molar-refractivity contribution in [3.63, 3.8) is 0 Å². The highest BCUT2D eigenvalue weighted by molar-refractivity contribution is 9.10. The molecule has 0 amide bonds. The molecule has 0 radical (unpaired) electrons. The molecular formula is C8H4BrF5O. The molecule has 7 heteroatoms. The van der Waals surface area contributed by atoms with Crippen molar-refractivity contribution in [1.29, 1.82) is 0 Å². The minimum atomic E-state index is -4.97. The van der Waals surface area contributed by atoms with Crippen LogP contribution in [0.1, 0.15) is 12.0 Å². The monoisotopic (exact) mass is 290 g/mol. The van der Waals surface area contributed by atoms with Crippen LogP contribution in [-0.2, 0) is 0 Å². The molecule has 1 rings (SSSR count). The van der Waals surface area contributed by atoms with Gasteiger partial charge >= 0.3 is 6.36 Å². The number of alkyl halides is 5. The van der Waals surface area contributed by atoms with E-state index in [0.717, 1.165) is 12.1 Å². The van der Waals surface area contributed by atoms with E-state index in [9.17, 15) is 22.0 Å². The van der Waals surface area contributed by atoms with Crippen LogP contribution in [0.15, 0.2) is 22.7 Å². The van der Waals surface area contributed by atoms with Crippen molar-refractivity contribution >= 4 is 15.9 Å². The van der Waals surface area contributed by atoms with Crippen molar-refractivity contribution in [3.8, 4) is 5.75 Å². The van der Waals surface area contributed by atoms with Crippen molar-refractivity contribution in [3.05, 3.63) is 28.2 Å². The van der Waals surface area contributed by atoms with Gasteiger partial charge < -0.3 is 4.74 Å². The standard InChI is InChI=1S/C8H4BrF5O/c9-4-1-2-6(15-8(12,13)14)5(3-4)7(10)11/h1-3,7H. The van der Waals surface area contributed by atoms with Crippen LogP contribution < -0.4 is 4.74 Å². The predicted molar refractivity (Wildman–Crippen MR) is 45.8 cm³/mol. The molecule has 0 spiro atoms. The zero-order valence-electron chi connectivity index (χ0n) is 6.99. The topological polar surface area (TPSA) is 9.23 Å². The lowest BCUT2D eigenvalue weighted by atomic mass is 10.2. The first kappa shape index (κ1) is 12.2. The molecule has 0 aliphatic carbocycles. The Hall–Kier alpha value is -0.850. The highest BCUT2D eigenvalue weighted by Gasteiger charge is 2.33. The van der Waals surface area contributed by atoms with E-state index in [1.165, 1.54) is 6.07 Å². The first-order valence-corrected chi connectivity index (χ1v) is 4.42. The van der Waals surface area contributed by atoms with Gasteiger partial charge in [-0.2, -0.15) is 0 Å². The Labute approximate surface area is 90.0 Å². The van der Waals surface area contributed by atoms with Gasteiger partial charge in [-0.3, -0.25) is 0 Å². The van der Waals surface area contributed by atoms with Crippen LogP contribution in [0.25, 0.3) is 0 Å². The summed E-state index contributed by atoms with van der Waals surface area (Å²) >= 11 is 2.87. The third kappa shape index (κ3) is 3.65. The van der Waals surface area contributed by atoms with E-state index in [-0.39, 0.29) is 4.47 Å². The molecule has 1 nitrogen and oxygen atoms in total. The van der Waals surface area contributed by atoms with Gasteiger partial charge in [-0.15, -0.1) is 13.2 Å². The van der Waals surface area contributed by atoms with Crippen LogP contribution in [-0.4, -0.2) is 6.36 Å². The molecule has 0 fully saturated rings. The number of hydrogen-bond acceptors (Lipinski definition) is 1. The summed E-state index contributed by atoms with van der Waals surface area (Å²) in [5, 5.41) is 0. The Balaban J connectivity index is 3.06. The molecular weight excluding hydrogens is 287 g/mol. The van der Waals surface area contributed by atoms with Gasteiger partial charge in [0.1, 0.15) is 5.75 Å². The molecule has 0 saturated carbocycles. The van der Waals surface area contributed by atoms with Crippen molar-refractivity contribution in [1.82, 2.24) is 0 Å². The van der Waals surface area contributed by atoms with Gasteiger partial charge in [0.25, 0.3) is 6.43 Å². The second-order valence-electron chi connectivity index (χ2n) is 2.53. The first-order valence-electron chi connectivity index (χ1n) is 3.63. The molecule has 0 N–H and O–H groups in total. The summed E-state index contributed by atoms with van der Waals surface area (Å²) in [6, 6.07) is 2.90. The Bertz CT molecular complexity index is 349. The SMILES string of the molecule is FC(F)c1cc(Br)ccc1OC(F)(F)F. The van der Waals surface area contributed by atoms with E-state index in [2.05, 4.69) is 20.7 Å². The largest absolute Gasteiger partial charge is 0.573 e. The number of ether oxygens (including phenoxy) is 1. The smallest absolute Gasteiger partial charge is 0.405 e. The Morgan fingerprint density at radius 2 is 1.80 bits per heavy atom. The van der Waals surface area contributed by atoms with Crippen molar-refractivity contribution < 1.29 is 26.7 Å². The third-order valence-corrected chi connectivity index (χ3v) is 1.93. The maximum absolute atomic E-state index is 12.3. The van der Waals surface area contributed by atoms with E-state index >= 15 is 0 Å². The molecule has 0 bridgehead atoms. The second-order valence-corrected chi connectivity index (χ2v) is 3.45. The Kier molecular flexibility index (Phi) is 3.54. The molecule has 0 saturated heterocycles. The fraction of sp³-hybridized carbons (Fsp3) is 0.250. The van der Waals surface area contributed by atoms with Gasteiger partial charge in [0.05, 0.1) is 5.56 Å². The predicted octanol–water partition coefficient (Wildman–Crippen LogP) is 4.29. The Morgan fingerprint density at radius 1 is 1.20 bits per heavy atom. The van der Waals surface area contributed by atoms with Crippen LogP contribution in [0, 0.1) is 0 Å². The highest BCUT2D eigenvalue weighted by atomic mass is 79.9. The van der Waals surface area contributed by atoms with Gasteiger partial charge in [-0.1, -0.05) is 15.9 Å². The maximum atomic E-state index is 12.3. The summed E-state index contributed by atoms with van der Waals surface area (Å²) in [4.78, 5) is 0. The Morgan fingerprint density at radius 3 is 2.27 bits per heavy atom. The van der Waals surface area contributed by atoms with Gasteiger partial charge in [0.15, 0.2) is 0 Å². The van der Waals surface area contributed by atoms with E-state index < -0.39 is 24.1 Å². The van der Waals surface area contributed by atoms with Gasteiger partial charge in [-0.05, 0) is 18.2 Å². The summed E-state index contributed by atoms with van der Waals surface area (Å²) in [6.45, 7) is 0. The highest BCUT2D eigenvalue weighted by Crippen LogP contribution is 2.34. The molecule has 0 aliphatic rings. The average molecular weight is 291 g/mol. The van der Waals surface area contributed by atoms with E-state index in [1.807, 2.05) is 0 Å². The number of rotatable bonds is 2. The molecule has 0 heterocycles. The zero-order chi connectivity index (χ0) is 11.6.